The summed E-state index contributed by atoms with van der Waals surface area (Å²) in [4.78, 5) is 0. The van der Waals surface area contributed by atoms with Gasteiger partial charge in [-0.25, -0.2) is 8.78 Å². The van der Waals surface area contributed by atoms with Crippen LogP contribution in [0.2, 0.25) is 0 Å². The summed E-state index contributed by atoms with van der Waals surface area (Å²) in [6.45, 7) is 3.48. The summed E-state index contributed by atoms with van der Waals surface area (Å²) < 4.78 is 27.4. The summed E-state index contributed by atoms with van der Waals surface area (Å²) in [5.41, 5.74) is 8.09. The van der Waals surface area contributed by atoms with Crippen LogP contribution in [-0.2, 0) is 6.42 Å². The molecule has 0 heterocycles. The predicted octanol–water partition coefficient (Wildman–Crippen LogP) is 3.83. The highest BCUT2D eigenvalue weighted by atomic mass is 19.1. The normalized spacial score (nSPS) is 12.5. The zero-order valence-corrected chi connectivity index (χ0v) is 11.1. The van der Waals surface area contributed by atoms with E-state index in [1.807, 2.05) is 19.1 Å². The number of hydrogen-bond donors (Lipinski definition) is 1. The number of hydrogen-bond acceptors (Lipinski definition) is 1. The van der Waals surface area contributed by atoms with Gasteiger partial charge in [0.2, 0.25) is 0 Å². The molecule has 0 aliphatic heterocycles. The van der Waals surface area contributed by atoms with E-state index < -0.39 is 11.6 Å². The van der Waals surface area contributed by atoms with Crippen LogP contribution >= 0.6 is 0 Å². The molecule has 19 heavy (non-hydrogen) atoms. The van der Waals surface area contributed by atoms with E-state index in [-0.39, 0.29) is 11.6 Å². The molecular weight excluding hydrogens is 244 g/mol. The minimum atomic E-state index is -0.404. The first kappa shape index (κ1) is 13.7. The van der Waals surface area contributed by atoms with E-state index in [9.17, 15) is 8.78 Å². The lowest BCUT2D eigenvalue weighted by atomic mass is 10.00. The first-order chi connectivity index (χ1) is 8.97. The van der Waals surface area contributed by atoms with Gasteiger partial charge in [0.05, 0.1) is 0 Å². The van der Waals surface area contributed by atoms with Gasteiger partial charge in [0.1, 0.15) is 11.6 Å². The van der Waals surface area contributed by atoms with Gasteiger partial charge in [0.25, 0.3) is 0 Å². The highest BCUT2D eigenvalue weighted by molar-refractivity contribution is 5.65. The molecule has 0 fully saturated rings. The minimum Gasteiger partial charge on any atom is -0.328 e. The average molecular weight is 261 g/mol. The highest BCUT2D eigenvalue weighted by Crippen LogP contribution is 2.25. The lowest BCUT2D eigenvalue weighted by Gasteiger charge is -2.08. The van der Waals surface area contributed by atoms with Gasteiger partial charge in [-0.05, 0) is 49.1 Å². The molecule has 2 aromatic rings. The monoisotopic (exact) mass is 261 g/mol. The quantitative estimate of drug-likeness (QED) is 0.892. The third-order valence-electron chi connectivity index (χ3n) is 3.07. The molecule has 3 heteroatoms. The van der Waals surface area contributed by atoms with E-state index in [4.69, 9.17) is 5.73 Å². The van der Waals surface area contributed by atoms with Crippen LogP contribution in [0.1, 0.15) is 18.1 Å². The van der Waals surface area contributed by atoms with E-state index in [1.54, 1.807) is 19.1 Å². The molecular formula is C16H17F2N. The standard InChI is InChI=1S/C16H17F2N/c1-10-7-16(18)14(9-15(10)17)13-5-3-12(4-6-13)8-11(2)19/h3-7,9,11H,8,19H2,1-2H3. The first-order valence-electron chi connectivity index (χ1n) is 6.28. The molecule has 0 aliphatic rings. The minimum absolute atomic E-state index is 0.0828. The predicted molar refractivity (Wildman–Crippen MR) is 73.9 cm³/mol. The van der Waals surface area contributed by atoms with Gasteiger partial charge in [0.15, 0.2) is 0 Å². The summed E-state index contributed by atoms with van der Waals surface area (Å²) in [6, 6.07) is 9.94. The smallest absolute Gasteiger partial charge is 0.131 e. The molecule has 0 saturated heterocycles. The highest BCUT2D eigenvalue weighted by Gasteiger charge is 2.09. The Morgan fingerprint density at radius 3 is 2.26 bits per heavy atom. The Morgan fingerprint density at radius 1 is 1.05 bits per heavy atom. The van der Waals surface area contributed by atoms with Crippen molar-refractivity contribution in [1.29, 1.82) is 0 Å². The van der Waals surface area contributed by atoms with Gasteiger partial charge in [-0.3, -0.25) is 0 Å². The second kappa shape index (κ2) is 5.49. The van der Waals surface area contributed by atoms with Crippen molar-refractivity contribution in [3.8, 4) is 11.1 Å². The molecule has 1 atom stereocenters. The molecule has 1 unspecified atom stereocenters. The molecule has 2 rings (SSSR count). The average Bonchev–Trinajstić information content (AvgIpc) is 2.34. The van der Waals surface area contributed by atoms with Gasteiger partial charge >= 0.3 is 0 Å². The van der Waals surface area contributed by atoms with Gasteiger partial charge in [-0.15, -0.1) is 0 Å². The van der Waals surface area contributed by atoms with Crippen LogP contribution in [0, 0.1) is 18.6 Å². The molecule has 1 nitrogen and oxygen atoms in total. The fourth-order valence-corrected chi connectivity index (χ4v) is 2.06. The number of halogens is 2. The molecule has 0 amide bonds. The molecule has 2 aromatic carbocycles. The maximum absolute atomic E-state index is 13.8. The van der Waals surface area contributed by atoms with E-state index in [2.05, 4.69) is 0 Å². The third-order valence-corrected chi connectivity index (χ3v) is 3.07. The Balaban J connectivity index is 2.34. The summed E-state index contributed by atoms with van der Waals surface area (Å²) in [5.74, 6) is -0.796. The van der Waals surface area contributed by atoms with Crippen LogP contribution in [0.15, 0.2) is 36.4 Å². The lowest BCUT2D eigenvalue weighted by molar-refractivity contribution is 0.595. The molecule has 2 N–H and O–H groups in total. The van der Waals surface area contributed by atoms with Crippen LogP contribution < -0.4 is 5.73 Å². The van der Waals surface area contributed by atoms with Crippen LogP contribution in [0.25, 0.3) is 11.1 Å². The van der Waals surface area contributed by atoms with Gasteiger partial charge in [-0.2, -0.15) is 0 Å². The molecule has 0 bridgehead atoms. The number of rotatable bonds is 3. The van der Waals surface area contributed by atoms with Crippen molar-refractivity contribution in [3.05, 3.63) is 59.2 Å². The van der Waals surface area contributed by atoms with Gasteiger partial charge < -0.3 is 5.73 Å². The SMILES string of the molecule is Cc1cc(F)c(-c2ccc(CC(C)N)cc2)cc1F. The number of nitrogens with two attached hydrogens (primary N) is 1. The van der Waals surface area contributed by atoms with E-state index in [1.165, 1.54) is 12.1 Å². The van der Waals surface area contributed by atoms with E-state index >= 15 is 0 Å². The van der Waals surface area contributed by atoms with Crippen LogP contribution in [0.5, 0.6) is 0 Å². The Hall–Kier alpha value is -1.74. The maximum atomic E-state index is 13.8. The molecule has 0 aromatic heterocycles. The Kier molecular flexibility index (Phi) is 3.96. The molecule has 0 aliphatic carbocycles. The third kappa shape index (κ3) is 3.18. The summed E-state index contributed by atoms with van der Waals surface area (Å²) in [6.07, 6.45) is 0.769. The van der Waals surface area contributed by atoms with Crippen molar-refractivity contribution in [2.24, 2.45) is 5.73 Å². The Bertz CT molecular complexity index is 574. The van der Waals surface area contributed by atoms with Crippen molar-refractivity contribution in [1.82, 2.24) is 0 Å². The van der Waals surface area contributed by atoms with Crippen LogP contribution in [0.4, 0.5) is 8.78 Å². The Labute approximate surface area is 112 Å². The Morgan fingerprint density at radius 2 is 1.68 bits per heavy atom. The summed E-state index contributed by atoms with van der Waals surface area (Å²) in [5, 5.41) is 0. The maximum Gasteiger partial charge on any atom is 0.131 e. The zero-order chi connectivity index (χ0) is 14.0. The summed E-state index contributed by atoms with van der Waals surface area (Å²) >= 11 is 0. The second-order valence-corrected chi connectivity index (χ2v) is 4.96. The van der Waals surface area contributed by atoms with Gasteiger partial charge in [0, 0.05) is 11.6 Å². The van der Waals surface area contributed by atoms with Crippen molar-refractivity contribution in [3.63, 3.8) is 0 Å². The molecule has 0 spiro atoms. The molecule has 100 valence electrons. The van der Waals surface area contributed by atoms with Crippen LogP contribution in [0.3, 0.4) is 0 Å². The fourth-order valence-electron chi connectivity index (χ4n) is 2.06. The van der Waals surface area contributed by atoms with Crippen LogP contribution in [-0.4, -0.2) is 6.04 Å². The van der Waals surface area contributed by atoms with Gasteiger partial charge in [-0.1, -0.05) is 24.3 Å². The molecule has 0 radical (unpaired) electrons. The van der Waals surface area contributed by atoms with E-state index in [0.29, 0.717) is 11.1 Å². The van der Waals surface area contributed by atoms with Crippen molar-refractivity contribution < 1.29 is 8.78 Å². The van der Waals surface area contributed by atoms with Crippen molar-refractivity contribution in [2.75, 3.05) is 0 Å². The number of aryl methyl sites for hydroxylation is 1. The topological polar surface area (TPSA) is 26.0 Å². The second-order valence-electron chi connectivity index (χ2n) is 4.96. The molecule has 0 saturated carbocycles. The summed E-state index contributed by atoms with van der Waals surface area (Å²) in [7, 11) is 0. The fraction of sp³-hybridized carbons (Fsp3) is 0.250. The van der Waals surface area contributed by atoms with Crippen molar-refractivity contribution in [2.45, 2.75) is 26.3 Å². The van der Waals surface area contributed by atoms with Crippen molar-refractivity contribution >= 4 is 0 Å². The largest absolute Gasteiger partial charge is 0.328 e. The first-order valence-corrected chi connectivity index (χ1v) is 6.28. The van der Waals surface area contributed by atoms with E-state index in [0.717, 1.165) is 12.0 Å². The zero-order valence-electron chi connectivity index (χ0n) is 11.1. The lowest BCUT2D eigenvalue weighted by Crippen LogP contribution is -2.17. The number of benzene rings is 2.